The predicted octanol–water partition coefficient (Wildman–Crippen LogP) is 5.66. The van der Waals surface area contributed by atoms with E-state index in [-0.39, 0.29) is 31.4 Å². The maximum atomic E-state index is 14.5. The molecule has 1 saturated heterocycles. The number of aliphatic carboxylic acids is 1. The lowest BCUT2D eigenvalue weighted by molar-refractivity contribution is -0.146. The number of hydrogen-bond donors (Lipinski definition) is 4. The molecule has 282 valence electrons. The number of carboxylic acids is 1. The monoisotopic (exact) mass is 810 g/mol. The van der Waals surface area contributed by atoms with Crippen molar-refractivity contribution in [2.45, 2.75) is 96.1 Å². The summed E-state index contributed by atoms with van der Waals surface area (Å²) in [5.41, 5.74) is -0.751. The molecule has 2 aromatic heterocycles. The number of anilines is 1. The van der Waals surface area contributed by atoms with E-state index in [4.69, 9.17) is 14.5 Å². The van der Waals surface area contributed by atoms with E-state index >= 15 is 0 Å². The van der Waals surface area contributed by atoms with Crippen LogP contribution in [0.15, 0.2) is 46.8 Å². The van der Waals surface area contributed by atoms with Gasteiger partial charge in [0.15, 0.2) is 5.13 Å². The van der Waals surface area contributed by atoms with Crippen LogP contribution in [0, 0.1) is 11.3 Å². The van der Waals surface area contributed by atoms with Crippen molar-refractivity contribution in [1.82, 2.24) is 25.5 Å². The van der Waals surface area contributed by atoms with Crippen molar-refractivity contribution in [1.29, 1.82) is 0 Å². The van der Waals surface area contributed by atoms with E-state index in [0.717, 1.165) is 25.7 Å². The quantitative estimate of drug-likeness (QED) is 0.176. The Morgan fingerprint density at radius 2 is 1.87 bits per heavy atom. The number of pyridine rings is 1. The summed E-state index contributed by atoms with van der Waals surface area (Å²) in [6, 6.07) is 5.04. The topological polar surface area (TPSA) is 189 Å². The molecule has 1 aromatic carbocycles. The number of halogens is 1. The Bertz CT molecular complexity index is 1960. The summed E-state index contributed by atoms with van der Waals surface area (Å²) < 4.78 is 13.0. The SMILES string of the molecule is C=CC1CC1(NC(=O)C1CC(Oc2cc(-c3csc(NC(C)=O)n3)nc3c(Br)cccc23)CN1C(=O)C(NC(=O)OC1CCCC1)C(C)(C)C)C(=O)O. The van der Waals surface area contributed by atoms with Gasteiger partial charge in [-0.25, -0.2) is 19.6 Å². The number of carbonyl (C=O) groups excluding carboxylic acids is 4. The van der Waals surface area contributed by atoms with E-state index in [1.54, 1.807) is 32.2 Å². The van der Waals surface area contributed by atoms with Gasteiger partial charge in [-0.05, 0) is 65.6 Å². The lowest BCUT2D eigenvalue weighted by atomic mass is 9.85. The van der Waals surface area contributed by atoms with Gasteiger partial charge in [0.05, 0.1) is 17.8 Å². The number of fused-ring (bicyclic) bond motifs is 1. The normalized spacial score (nSPS) is 23.3. The highest BCUT2D eigenvalue weighted by Gasteiger charge is 2.61. The Kier molecular flexibility index (Phi) is 10.8. The van der Waals surface area contributed by atoms with Gasteiger partial charge >= 0.3 is 12.1 Å². The number of benzene rings is 1. The fourth-order valence-corrected chi connectivity index (χ4v) is 8.21. The molecule has 4 amide bonds. The van der Waals surface area contributed by atoms with E-state index in [9.17, 15) is 29.1 Å². The molecule has 0 spiro atoms. The number of rotatable bonds is 11. The second kappa shape index (κ2) is 15.0. The summed E-state index contributed by atoms with van der Waals surface area (Å²) in [4.78, 5) is 76.3. The minimum absolute atomic E-state index is 0.0337. The van der Waals surface area contributed by atoms with Gasteiger partial charge in [-0.15, -0.1) is 17.9 Å². The molecule has 5 atom stereocenters. The number of ether oxygens (including phenoxy) is 2. The summed E-state index contributed by atoms with van der Waals surface area (Å²) in [6.45, 7) is 10.5. The molecule has 5 unspecified atom stereocenters. The Balaban J connectivity index is 1.32. The molecule has 2 saturated carbocycles. The number of thiazole rings is 1. The minimum Gasteiger partial charge on any atom is -0.488 e. The molecular formula is C37H43BrN6O8S. The number of carbonyl (C=O) groups is 5. The maximum absolute atomic E-state index is 14.5. The van der Waals surface area contributed by atoms with E-state index in [1.807, 2.05) is 18.2 Å². The predicted molar refractivity (Wildman–Crippen MR) is 201 cm³/mol. The van der Waals surface area contributed by atoms with E-state index in [1.165, 1.54) is 29.2 Å². The lowest BCUT2D eigenvalue weighted by Gasteiger charge is -2.35. The van der Waals surface area contributed by atoms with Gasteiger partial charge < -0.3 is 35.4 Å². The number of nitrogens with one attached hydrogen (secondary N) is 3. The number of amides is 4. The molecule has 2 aliphatic carbocycles. The first-order chi connectivity index (χ1) is 25.1. The van der Waals surface area contributed by atoms with Crippen molar-refractivity contribution in [3.63, 3.8) is 0 Å². The summed E-state index contributed by atoms with van der Waals surface area (Å²) in [7, 11) is 0. The largest absolute Gasteiger partial charge is 0.488 e. The van der Waals surface area contributed by atoms with Crippen LogP contribution in [0.2, 0.25) is 0 Å². The number of aromatic nitrogens is 2. The molecule has 3 aliphatic rings. The van der Waals surface area contributed by atoms with Crippen LogP contribution in [-0.4, -0.2) is 86.1 Å². The number of likely N-dealkylation sites (tertiary alicyclic amines) is 1. The van der Waals surface area contributed by atoms with Crippen molar-refractivity contribution < 1.29 is 38.6 Å². The van der Waals surface area contributed by atoms with Crippen molar-refractivity contribution in [2.75, 3.05) is 11.9 Å². The van der Waals surface area contributed by atoms with E-state index < -0.39 is 58.9 Å². The zero-order valence-corrected chi connectivity index (χ0v) is 32.3. The maximum Gasteiger partial charge on any atom is 0.408 e. The van der Waals surface area contributed by atoms with Gasteiger partial charge in [0.1, 0.15) is 41.3 Å². The minimum atomic E-state index is -1.52. The summed E-state index contributed by atoms with van der Waals surface area (Å²) in [5, 5.41) is 21.0. The first-order valence-electron chi connectivity index (χ1n) is 17.5. The molecule has 16 heteroatoms. The van der Waals surface area contributed by atoms with Crippen LogP contribution in [0.5, 0.6) is 5.75 Å². The number of alkyl carbamates (subject to hydrolysis) is 1. The molecule has 1 aliphatic heterocycles. The third kappa shape index (κ3) is 8.17. The van der Waals surface area contributed by atoms with Gasteiger partial charge in [-0.2, -0.15) is 0 Å². The molecule has 0 bridgehead atoms. The Morgan fingerprint density at radius 3 is 2.51 bits per heavy atom. The van der Waals surface area contributed by atoms with Crippen LogP contribution in [0.4, 0.5) is 9.93 Å². The molecule has 3 heterocycles. The second-order valence-electron chi connectivity index (χ2n) is 14.9. The first-order valence-corrected chi connectivity index (χ1v) is 19.2. The van der Waals surface area contributed by atoms with Crippen LogP contribution >= 0.6 is 27.3 Å². The van der Waals surface area contributed by atoms with Crippen molar-refractivity contribution in [2.24, 2.45) is 11.3 Å². The number of carboxylic acid groups (broad SMARTS) is 1. The zero-order valence-electron chi connectivity index (χ0n) is 29.9. The Labute approximate surface area is 319 Å². The smallest absolute Gasteiger partial charge is 0.408 e. The van der Waals surface area contributed by atoms with Crippen molar-refractivity contribution in [3.8, 4) is 17.1 Å². The summed E-state index contributed by atoms with van der Waals surface area (Å²) in [5.74, 6) is -2.66. The molecule has 4 N–H and O–H groups in total. The van der Waals surface area contributed by atoms with Crippen LogP contribution in [0.25, 0.3) is 22.3 Å². The lowest BCUT2D eigenvalue weighted by Crippen LogP contribution is -2.59. The Hall–Kier alpha value is -4.57. The van der Waals surface area contributed by atoms with Gasteiger partial charge in [0.2, 0.25) is 17.7 Å². The van der Waals surface area contributed by atoms with Crippen LogP contribution in [0.1, 0.15) is 66.2 Å². The van der Waals surface area contributed by atoms with Gasteiger partial charge in [-0.1, -0.05) is 32.9 Å². The van der Waals surface area contributed by atoms with Crippen LogP contribution < -0.4 is 20.7 Å². The number of nitrogens with zero attached hydrogens (tertiary/aromatic N) is 3. The highest BCUT2D eigenvalue weighted by atomic mass is 79.9. The van der Waals surface area contributed by atoms with Gasteiger partial charge in [0.25, 0.3) is 0 Å². The fourth-order valence-electron chi connectivity index (χ4n) is 7.01. The molecule has 6 rings (SSSR count). The molecular weight excluding hydrogens is 768 g/mol. The third-order valence-electron chi connectivity index (χ3n) is 9.92. The zero-order chi connectivity index (χ0) is 38.2. The molecule has 0 radical (unpaired) electrons. The molecule has 3 aromatic rings. The molecule has 53 heavy (non-hydrogen) atoms. The van der Waals surface area contributed by atoms with Crippen molar-refractivity contribution in [3.05, 3.63) is 46.8 Å². The van der Waals surface area contributed by atoms with Crippen LogP contribution in [-0.2, 0) is 23.9 Å². The fraction of sp³-hybridized carbons (Fsp3) is 0.486. The number of para-hydroxylation sites is 1. The average Bonchev–Trinajstić information content (AvgIpc) is 3.50. The molecule has 14 nitrogen and oxygen atoms in total. The van der Waals surface area contributed by atoms with E-state index in [0.29, 0.717) is 37.6 Å². The highest BCUT2D eigenvalue weighted by molar-refractivity contribution is 9.10. The Morgan fingerprint density at radius 1 is 1.13 bits per heavy atom. The summed E-state index contributed by atoms with van der Waals surface area (Å²) >= 11 is 4.83. The molecule has 3 fully saturated rings. The summed E-state index contributed by atoms with van der Waals surface area (Å²) in [6.07, 6.45) is 3.49. The van der Waals surface area contributed by atoms with Gasteiger partial charge in [-0.3, -0.25) is 14.4 Å². The second-order valence-corrected chi connectivity index (χ2v) is 16.6. The van der Waals surface area contributed by atoms with E-state index in [2.05, 4.69) is 43.4 Å². The third-order valence-corrected chi connectivity index (χ3v) is 11.3. The van der Waals surface area contributed by atoms with Crippen molar-refractivity contribution >= 4 is 73.1 Å². The van der Waals surface area contributed by atoms with Gasteiger partial charge in [0, 0.05) is 40.6 Å². The number of hydrogen-bond acceptors (Lipinski definition) is 10. The van der Waals surface area contributed by atoms with Crippen LogP contribution in [0.3, 0.4) is 0 Å². The average molecular weight is 812 g/mol. The standard InChI is InChI=1S/C37H43BrN6O8S/c1-6-20-16-37(20,33(48)49)43-31(46)27-14-22(17-44(27)32(47)30(36(3,4)5)42-35(50)52-21-10-7-8-11-21)51-28-15-25(26-18-53-34(41-26)39-19(2)45)40-29-23(28)12-9-13-24(29)38/h6,9,12-13,15,18,20-22,27,30H,1,7-8,10-11,14,16-17H2,2-5H3,(H,42,50)(H,43,46)(H,48,49)(H,39,41,45). The first kappa shape index (κ1) is 38.2. The highest BCUT2D eigenvalue weighted by Crippen LogP contribution is 2.45.